The molecule has 0 saturated heterocycles. The molecule has 2 aliphatic rings. The number of rotatable bonds is 1. The molecule has 1 aliphatic carbocycles. The fourth-order valence-electron chi connectivity index (χ4n) is 2.14. The van der Waals surface area contributed by atoms with Crippen LogP contribution in [0.15, 0.2) is 35.6 Å². The largest absolute Gasteiger partial charge is 0.365 e. The summed E-state index contributed by atoms with van der Waals surface area (Å²) in [5.41, 5.74) is 4.25. The van der Waals surface area contributed by atoms with Gasteiger partial charge in [-0.05, 0) is 37.8 Å². The van der Waals surface area contributed by atoms with Crippen LogP contribution in [0, 0.1) is 0 Å². The molecule has 0 atom stereocenters. The maximum absolute atomic E-state index is 4.18. The summed E-state index contributed by atoms with van der Waals surface area (Å²) >= 11 is 0. The second kappa shape index (κ2) is 3.06. The molecule has 0 aromatic rings. The van der Waals surface area contributed by atoms with Gasteiger partial charge in [-0.2, -0.15) is 0 Å². The van der Waals surface area contributed by atoms with Crippen LogP contribution >= 0.6 is 0 Å². The first-order valence-electron chi connectivity index (χ1n) is 5.04. The predicted octanol–water partition coefficient (Wildman–Crippen LogP) is 2.87. The summed E-state index contributed by atoms with van der Waals surface area (Å²) in [6.45, 7) is 9.71. The quantitative estimate of drug-likeness (QED) is 0.592. The Labute approximate surface area is 80.4 Å². The molecule has 1 heterocycles. The van der Waals surface area contributed by atoms with E-state index in [0.717, 1.165) is 6.54 Å². The van der Waals surface area contributed by atoms with Gasteiger partial charge in [0.05, 0.1) is 0 Å². The van der Waals surface area contributed by atoms with Crippen molar-refractivity contribution >= 4 is 0 Å². The van der Waals surface area contributed by atoms with Crippen molar-refractivity contribution in [2.75, 3.05) is 6.54 Å². The van der Waals surface area contributed by atoms with Gasteiger partial charge in [0.15, 0.2) is 0 Å². The SMILES string of the molecule is C=C1C2=C(C=CCC2)CN1C(C)C. The average Bonchev–Trinajstić information content (AvgIpc) is 2.45. The van der Waals surface area contributed by atoms with Crippen LogP contribution in [0.5, 0.6) is 0 Å². The Hall–Kier alpha value is -0.980. The molecule has 0 bridgehead atoms. The van der Waals surface area contributed by atoms with E-state index < -0.39 is 0 Å². The van der Waals surface area contributed by atoms with Crippen LogP contribution in [0.2, 0.25) is 0 Å². The summed E-state index contributed by atoms with van der Waals surface area (Å²) in [7, 11) is 0. The molecule has 13 heavy (non-hydrogen) atoms. The molecule has 2 rings (SSSR count). The minimum absolute atomic E-state index is 0.575. The lowest BCUT2D eigenvalue weighted by molar-refractivity contribution is 0.331. The van der Waals surface area contributed by atoms with Crippen LogP contribution in [0.3, 0.4) is 0 Å². The summed E-state index contributed by atoms with van der Waals surface area (Å²) in [4.78, 5) is 2.39. The lowest BCUT2D eigenvalue weighted by Gasteiger charge is -2.25. The van der Waals surface area contributed by atoms with Gasteiger partial charge in [-0.3, -0.25) is 0 Å². The van der Waals surface area contributed by atoms with E-state index in [4.69, 9.17) is 0 Å². The van der Waals surface area contributed by atoms with E-state index in [0.29, 0.717) is 6.04 Å². The number of hydrogen-bond donors (Lipinski definition) is 0. The summed E-state index contributed by atoms with van der Waals surface area (Å²) in [6.07, 6.45) is 6.92. The molecule has 0 aromatic carbocycles. The number of nitrogens with zero attached hydrogens (tertiary/aromatic N) is 1. The normalized spacial score (nSPS) is 21.8. The van der Waals surface area contributed by atoms with Gasteiger partial charge in [-0.25, -0.2) is 0 Å². The molecule has 1 heteroatoms. The standard InChI is InChI=1S/C12H17N/c1-9(2)13-8-11-6-4-5-7-12(11)10(13)3/h4,6,9H,3,5,7-8H2,1-2H3. The first kappa shape index (κ1) is 8.61. The maximum atomic E-state index is 4.18. The second-order valence-corrected chi connectivity index (χ2v) is 4.11. The van der Waals surface area contributed by atoms with Crippen LogP contribution in [0.4, 0.5) is 0 Å². The Balaban J connectivity index is 2.24. The summed E-state index contributed by atoms with van der Waals surface area (Å²) in [5, 5.41) is 0. The highest BCUT2D eigenvalue weighted by molar-refractivity contribution is 5.46. The molecule has 0 unspecified atom stereocenters. The Kier molecular flexibility index (Phi) is 2.03. The lowest BCUT2D eigenvalue weighted by atomic mass is 9.99. The fourth-order valence-corrected chi connectivity index (χ4v) is 2.14. The third kappa shape index (κ3) is 1.32. The molecule has 0 aromatic heterocycles. The molecular weight excluding hydrogens is 158 g/mol. The van der Waals surface area contributed by atoms with Crippen LogP contribution in [-0.4, -0.2) is 17.5 Å². The Morgan fingerprint density at radius 3 is 2.85 bits per heavy atom. The van der Waals surface area contributed by atoms with E-state index in [1.165, 1.54) is 29.7 Å². The predicted molar refractivity (Wildman–Crippen MR) is 56.4 cm³/mol. The van der Waals surface area contributed by atoms with Crippen molar-refractivity contribution in [2.24, 2.45) is 0 Å². The zero-order valence-corrected chi connectivity index (χ0v) is 8.51. The lowest BCUT2D eigenvalue weighted by Crippen LogP contribution is -2.27. The van der Waals surface area contributed by atoms with E-state index in [1.807, 2.05) is 0 Å². The maximum Gasteiger partial charge on any atom is 0.0435 e. The van der Waals surface area contributed by atoms with Crippen molar-refractivity contribution in [1.29, 1.82) is 0 Å². The Bertz CT molecular complexity index is 294. The van der Waals surface area contributed by atoms with Crippen molar-refractivity contribution in [3.8, 4) is 0 Å². The molecule has 70 valence electrons. The molecule has 1 nitrogen and oxygen atoms in total. The van der Waals surface area contributed by atoms with Gasteiger partial charge in [-0.1, -0.05) is 18.7 Å². The molecule has 0 amide bonds. The second-order valence-electron chi connectivity index (χ2n) is 4.11. The van der Waals surface area contributed by atoms with E-state index in [2.05, 4.69) is 37.5 Å². The zero-order chi connectivity index (χ0) is 9.42. The highest BCUT2D eigenvalue weighted by Crippen LogP contribution is 2.34. The molecule has 0 N–H and O–H groups in total. The monoisotopic (exact) mass is 175 g/mol. The van der Waals surface area contributed by atoms with Crippen molar-refractivity contribution in [3.05, 3.63) is 35.6 Å². The number of allylic oxidation sites excluding steroid dienone is 2. The third-order valence-corrected chi connectivity index (χ3v) is 2.93. The summed E-state index contributed by atoms with van der Waals surface area (Å²) in [6, 6.07) is 0.575. The van der Waals surface area contributed by atoms with Gasteiger partial charge in [0.1, 0.15) is 0 Å². The van der Waals surface area contributed by atoms with E-state index >= 15 is 0 Å². The average molecular weight is 175 g/mol. The fraction of sp³-hybridized carbons (Fsp3) is 0.500. The van der Waals surface area contributed by atoms with E-state index in [9.17, 15) is 0 Å². The Morgan fingerprint density at radius 1 is 1.46 bits per heavy atom. The molecule has 0 fully saturated rings. The van der Waals surface area contributed by atoms with Crippen LogP contribution in [0.25, 0.3) is 0 Å². The van der Waals surface area contributed by atoms with E-state index in [-0.39, 0.29) is 0 Å². The molecule has 0 saturated carbocycles. The summed E-state index contributed by atoms with van der Waals surface area (Å²) < 4.78 is 0. The first-order valence-corrected chi connectivity index (χ1v) is 5.04. The van der Waals surface area contributed by atoms with Gasteiger partial charge in [0.25, 0.3) is 0 Å². The highest BCUT2D eigenvalue weighted by Gasteiger charge is 2.25. The van der Waals surface area contributed by atoms with Gasteiger partial charge in [0.2, 0.25) is 0 Å². The van der Waals surface area contributed by atoms with Gasteiger partial charge >= 0.3 is 0 Å². The van der Waals surface area contributed by atoms with Crippen molar-refractivity contribution in [2.45, 2.75) is 32.7 Å². The van der Waals surface area contributed by atoms with Crippen molar-refractivity contribution < 1.29 is 0 Å². The highest BCUT2D eigenvalue weighted by atomic mass is 15.2. The van der Waals surface area contributed by atoms with Crippen LogP contribution in [-0.2, 0) is 0 Å². The molecule has 0 spiro atoms. The minimum Gasteiger partial charge on any atom is -0.365 e. The minimum atomic E-state index is 0.575. The van der Waals surface area contributed by atoms with Gasteiger partial charge < -0.3 is 4.90 Å². The van der Waals surface area contributed by atoms with Gasteiger partial charge in [-0.15, -0.1) is 0 Å². The Morgan fingerprint density at radius 2 is 2.23 bits per heavy atom. The van der Waals surface area contributed by atoms with Crippen LogP contribution < -0.4 is 0 Å². The zero-order valence-electron chi connectivity index (χ0n) is 8.51. The topological polar surface area (TPSA) is 3.24 Å². The summed E-state index contributed by atoms with van der Waals surface area (Å²) in [5.74, 6) is 0. The molecular formula is C12H17N. The molecule has 0 radical (unpaired) electrons. The van der Waals surface area contributed by atoms with Crippen LogP contribution in [0.1, 0.15) is 26.7 Å². The van der Waals surface area contributed by atoms with Gasteiger partial charge in [0, 0.05) is 18.3 Å². The first-order chi connectivity index (χ1) is 6.20. The molecule has 1 aliphatic heterocycles. The number of hydrogen-bond acceptors (Lipinski definition) is 1. The van der Waals surface area contributed by atoms with Crippen molar-refractivity contribution in [3.63, 3.8) is 0 Å². The third-order valence-electron chi connectivity index (χ3n) is 2.93. The van der Waals surface area contributed by atoms with Crippen molar-refractivity contribution in [1.82, 2.24) is 4.90 Å². The smallest absolute Gasteiger partial charge is 0.0435 e. The van der Waals surface area contributed by atoms with E-state index in [1.54, 1.807) is 0 Å².